The number of phenolic OH excluding ortho intramolecular Hbond substituents is 1. The quantitative estimate of drug-likeness (QED) is 0.660. The molecule has 0 heterocycles. The second kappa shape index (κ2) is 8.29. The molecule has 6 nitrogen and oxygen atoms in total. The molecular formula is C24H20NO5-. The van der Waals surface area contributed by atoms with Crippen molar-refractivity contribution in [3.05, 3.63) is 89.5 Å². The van der Waals surface area contributed by atoms with Gasteiger partial charge in [0.25, 0.3) is 0 Å². The molecule has 1 atom stereocenters. The lowest BCUT2D eigenvalue weighted by molar-refractivity contribution is -0.308. The maximum absolute atomic E-state index is 12.3. The number of carboxylic acids is 1. The summed E-state index contributed by atoms with van der Waals surface area (Å²) in [6, 6.07) is 20.8. The number of alkyl carbamates (subject to hydrolysis) is 1. The number of fused-ring (bicyclic) bond motifs is 3. The molecule has 0 spiro atoms. The number of hydrogen-bond donors (Lipinski definition) is 2. The zero-order chi connectivity index (χ0) is 21.1. The monoisotopic (exact) mass is 402 g/mol. The van der Waals surface area contributed by atoms with Crippen LogP contribution in [-0.2, 0) is 16.0 Å². The Bertz CT molecular complexity index is 1030. The van der Waals surface area contributed by atoms with E-state index >= 15 is 0 Å². The molecule has 0 saturated carbocycles. The van der Waals surface area contributed by atoms with Crippen molar-refractivity contribution in [3.8, 4) is 16.9 Å². The third-order valence-electron chi connectivity index (χ3n) is 5.30. The van der Waals surface area contributed by atoms with Crippen molar-refractivity contribution in [1.82, 2.24) is 5.32 Å². The second-order valence-corrected chi connectivity index (χ2v) is 7.21. The Kier molecular flexibility index (Phi) is 5.39. The van der Waals surface area contributed by atoms with Crippen LogP contribution in [0, 0.1) is 0 Å². The van der Waals surface area contributed by atoms with Crippen molar-refractivity contribution in [2.24, 2.45) is 0 Å². The van der Waals surface area contributed by atoms with Gasteiger partial charge < -0.3 is 25.1 Å². The summed E-state index contributed by atoms with van der Waals surface area (Å²) >= 11 is 0. The Labute approximate surface area is 173 Å². The van der Waals surface area contributed by atoms with Crippen LogP contribution in [0.4, 0.5) is 4.79 Å². The minimum atomic E-state index is -1.41. The number of benzene rings is 3. The predicted molar refractivity (Wildman–Crippen MR) is 109 cm³/mol. The largest absolute Gasteiger partial charge is 0.548 e. The number of nitrogens with one attached hydrogen (secondary N) is 1. The highest BCUT2D eigenvalue weighted by Crippen LogP contribution is 2.44. The van der Waals surface area contributed by atoms with Crippen molar-refractivity contribution in [2.45, 2.75) is 18.4 Å². The highest BCUT2D eigenvalue weighted by molar-refractivity contribution is 5.80. The molecule has 1 amide bonds. The first kappa shape index (κ1) is 19.5. The van der Waals surface area contributed by atoms with Gasteiger partial charge in [-0.15, -0.1) is 0 Å². The Morgan fingerprint density at radius 3 is 2.07 bits per heavy atom. The third kappa shape index (κ3) is 3.98. The average Bonchev–Trinajstić information content (AvgIpc) is 3.07. The molecule has 1 aliphatic carbocycles. The topological polar surface area (TPSA) is 98.7 Å². The summed E-state index contributed by atoms with van der Waals surface area (Å²) in [6.07, 6.45) is -0.794. The van der Waals surface area contributed by atoms with Gasteiger partial charge in [-0.2, -0.15) is 0 Å². The van der Waals surface area contributed by atoms with E-state index in [4.69, 9.17) is 4.74 Å². The maximum Gasteiger partial charge on any atom is 0.407 e. The van der Waals surface area contributed by atoms with E-state index in [0.29, 0.717) is 5.56 Å². The number of aliphatic carboxylic acids is 1. The van der Waals surface area contributed by atoms with Crippen LogP contribution in [0.5, 0.6) is 5.75 Å². The molecular weight excluding hydrogens is 382 g/mol. The number of ether oxygens (including phenoxy) is 1. The molecule has 0 bridgehead atoms. The Hall–Kier alpha value is -3.80. The summed E-state index contributed by atoms with van der Waals surface area (Å²) in [5.41, 5.74) is 5.02. The smallest absolute Gasteiger partial charge is 0.407 e. The maximum atomic E-state index is 12.3. The number of carbonyl (C=O) groups is 2. The SMILES string of the molecule is O=C(N[C@@H](Cc1ccc(O)cc1)C(=O)[O-])OCC1c2ccccc2-c2ccccc21. The summed E-state index contributed by atoms with van der Waals surface area (Å²) in [4.78, 5) is 23.8. The van der Waals surface area contributed by atoms with Crippen LogP contribution in [0.15, 0.2) is 72.8 Å². The second-order valence-electron chi connectivity index (χ2n) is 7.21. The zero-order valence-electron chi connectivity index (χ0n) is 16.1. The fraction of sp³-hybridized carbons (Fsp3) is 0.167. The summed E-state index contributed by atoms with van der Waals surface area (Å²) in [5, 5.41) is 23.2. The van der Waals surface area contributed by atoms with Gasteiger partial charge >= 0.3 is 6.09 Å². The minimum absolute atomic E-state index is 0.0206. The van der Waals surface area contributed by atoms with Crippen molar-refractivity contribution in [3.63, 3.8) is 0 Å². The first-order valence-corrected chi connectivity index (χ1v) is 9.63. The van der Waals surface area contributed by atoms with Crippen LogP contribution in [0.3, 0.4) is 0 Å². The van der Waals surface area contributed by atoms with Crippen LogP contribution in [0.2, 0.25) is 0 Å². The molecule has 6 heteroatoms. The number of carboxylic acid groups (broad SMARTS) is 1. The van der Waals surface area contributed by atoms with E-state index in [-0.39, 0.29) is 24.7 Å². The van der Waals surface area contributed by atoms with Crippen molar-refractivity contribution in [2.75, 3.05) is 6.61 Å². The third-order valence-corrected chi connectivity index (χ3v) is 5.30. The summed E-state index contributed by atoms with van der Waals surface area (Å²) in [7, 11) is 0. The normalized spacial score (nSPS) is 13.2. The van der Waals surface area contributed by atoms with E-state index in [0.717, 1.165) is 22.3 Å². The van der Waals surface area contributed by atoms with Gasteiger partial charge in [-0.25, -0.2) is 4.79 Å². The zero-order valence-corrected chi connectivity index (χ0v) is 16.1. The molecule has 0 fully saturated rings. The van der Waals surface area contributed by atoms with Gasteiger partial charge in [-0.05, 0) is 46.4 Å². The first-order chi connectivity index (χ1) is 14.5. The number of phenols is 1. The lowest BCUT2D eigenvalue weighted by Crippen LogP contribution is -2.49. The van der Waals surface area contributed by atoms with Gasteiger partial charge in [0.05, 0.1) is 12.0 Å². The van der Waals surface area contributed by atoms with E-state index in [2.05, 4.69) is 5.32 Å². The summed E-state index contributed by atoms with van der Waals surface area (Å²) in [5.74, 6) is -1.44. The summed E-state index contributed by atoms with van der Waals surface area (Å²) < 4.78 is 5.40. The molecule has 0 saturated heterocycles. The van der Waals surface area contributed by atoms with Gasteiger partial charge in [0, 0.05) is 5.92 Å². The molecule has 0 aliphatic heterocycles. The number of amides is 1. The first-order valence-electron chi connectivity index (χ1n) is 9.63. The Morgan fingerprint density at radius 1 is 0.933 bits per heavy atom. The lowest BCUT2D eigenvalue weighted by Gasteiger charge is -2.21. The van der Waals surface area contributed by atoms with Crippen LogP contribution in [-0.4, -0.2) is 29.8 Å². The number of aromatic hydroxyl groups is 1. The van der Waals surface area contributed by atoms with E-state index in [1.54, 1.807) is 12.1 Å². The van der Waals surface area contributed by atoms with Gasteiger partial charge in [0.15, 0.2) is 0 Å². The van der Waals surface area contributed by atoms with Crippen LogP contribution < -0.4 is 10.4 Å². The molecule has 4 rings (SSSR count). The number of rotatable bonds is 6. The van der Waals surface area contributed by atoms with Gasteiger partial charge in [0.2, 0.25) is 0 Å². The summed E-state index contributed by atoms with van der Waals surface area (Å²) in [6.45, 7) is 0.0961. The fourth-order valence-electron chi connectivity index (χ4n) is 3.84. The van der Waals surface area contributed by atoms with Gasteiger partial charge in [0.1, 0.15) is 12.4 Å². The highest BCUT2D eigenvalue weighted by Gasteiger charge is 2.29. The Balaban J connectivity index is 1.43. The molecule has 0 aromatic heterocycles. The molecule has 0 unspecified atom stereocenters. The lowest BCUT2D eigenvalue weighted by atomic mass is 9.98. The average molecular weight is 402 g/mol. The fourth-order valence-corrected chi connectivity index (χ4v) is 3.84. The number of carbonyl (C=O) groups excluding carboxylic acids is 2. The molecule has 3 aromatic rings. The van der Waals surface area contributed by atoms with Crippen LogP contribution >= 0.6 is 0 Å². The van der Waals surface area contributed by atoms with Crippen molar-refractivity contribution >= 4 is 12.1 Å². The highest BCUT2D eigenvalue weighted by atomic mass is 16.5. The molecule has 3 aromatic carbocycles. The standard InChI is InChI=1S/C24H21NO5/c26-16-11-9-15(10-12-16)13-22(23(27)28)25-24(29)30-14-21-19-7-3-1-5-17(19)18-6-2-4-8-20(18)21/h1-12,21-22,26H,13-14H2,(H,25,29)(H,27,28)/p-1/t22-/m0/s1. The number of hydrogen-bond acceptors (Lipinski definition) is 5. The molecule has 30 heavy (non-hydrogen) atoms. The minimum Gasteiger partial charge on any atom is -0.548 e. The van der Waals surface area contributed by atoms with E-state index in [9.17, 15) is 19.8 Å². The van der Waals surface area contributed by atoms with Crippen molar-refractivity contribution in [1.29, 1.82) is 0 Å². The van der Waals surface area contributed by atoms with Crippen LogP contribution in [0.1, 0.15) is 22.6 Å². The molecule has 2 N–H and O–H groups in total. The molecule has 1 aliphatic rings. The predicted octanol–water partition coefficient (Wildman–Crippen LogP) is 2.59. The van der Waals surface area contributed by atoms with Crippen molar-refractivity contribution < 1.29 is 24.5 Å². The van der Waals surface area contributed by atoms with Crippen LogP contribution in [0.25, 0.3) is 11.1 Å². The Morgan fingerprint density at radius 2 is 1.50 bits per heavy atom. The van der Waals surface area contributed by atoms with E-state index < -0.39 is 18.1 Å². The van der Waals surface area contributed by atoms with E-state index in [1.165, 1.54) is 12.1 Å². The molecule has 0 radical (unpaired) electrons. The van der Waals surface area contributed by atoms with Gasteiger partial charge in [-0.3, -0.25) is 0 Å². The molecule has 152 valence electrons. The van der Waals surface area contributed by atoms with Gasteiger partial charge in [-0.1, -0.05) is 60.7 Å². The van der Waals surface area contributed by atoms with E-state index in [1.807, 2.05) is 48.5 Å².